The van der Waals surface area contributed by atoms with Crippen LogP contribution in [0.4, 0.5) is 11.5 Å². The minimum Gasteiger partial charge on any atom is -0.383 e. The van der Waals surface area contributed by atoms with Gasteiger partial charge in [0.05, 0.1) is 22.9 Å². The zero-order chi connectivity index (χ0) is 12.4. The first-order valence-corrected chi connectivity index (χ1v) is 5.75. The molecule has 0 radical (unpaired) electrons. The molecule has 1 aromatic heterocycles. The standard InChI is InChI=1S/C13H16N4/c1-9(8-14)12-11(5-6-16-13(12)15)17-7-3-4-10(17)2/h5-6,10H,1,3-4,7H2,2H3,(H2,15,16). The molecule has 2 heterocycles. The number of nitrogens with two attached hydrogens (primary N) is 1. The molecule has 0 amide bonds. The van der Waals surface area contributed by atoms with Gasteiger partial charge in [-0.15, -0.1) is 0 Å². The van der Waals surface area contributed by atoms with Crippen LogP contribution in [-0.2, 0) is 0 Å². The Balaban J connectivity index is 2.50. The van der Waals surface area contributed by atoms with Gasteiger partial charge in [-0.3, -0.25) is 0 Å². The molecule has 1 aliphatic rings. The Labute approximate surface area is 101 Å². The van der Waals surface area contributed by atoms with Crippen LogP contribution in [0.5, 0.6) is 0 Å². The van der Waals surface area contributed by atoms with Crippen molar-refractivity contribution < 1.29 is 0 Å². The molecule has 4 nitrogen and oxygen atoms in total. The average Bonchev–Trinajstić information content (AvgIpc) is 2.74. The highest BCUT2D eigenvalue weighted by Gasteiger charge is 2.24. The number of rotatable bonds is 2. The largest absolute Gasteiger partial charge is 0.383 e. The maximum atomic E-state index is 8.99. The molecule has 88 valence electrons. The lowest BCUT2D eigenvalue weighted by molar-refractivity contribution is 0.734. The molecule has 4 heteroatoms. The third-order valence-corrected chi connectivity index (χ3v) is 3.26. The molecule has 1 aromatic rings. The van der Waals surface area contributed by atoms with Gasteiger partial charge in [0.25, 0.3) is 0 Å². The fourth-order valence-corrected chi connectivity index (χ4v) is 2.36. The van der Waals surface area contributed by atoms with Crippen LogP contribution in [0, 0.1) is 11.3 Å². The Morgan fingerprint density at radius 1 is 1.71 bits per heavy atom. The van der Waals surface area contributed by atoms with E-state index in [-0.39, 0.29) is 0 Å². The molecule has 0 aromatic carbocycles. The number of nitriles is 1. The Hall–Kier alpha value is -2.02. The van der Waals surface area contributed by atoms with E-state index in [0.717, 1.165) is 12.2 Å². The molecule has 1 saturated heterocycles. The first kappa shape index (κ1) is 11.5. The lowest BCUT2D eigenvalue weighted by Gasteiger charge is -2.26. The number of allylic oxidation sites excluding steroid dienone is 1. The van der Waals surface area contributed by atoms with E-state index in [0.29, 0.717) is 23.0 Å². The number of anilines is 2. The topological polar surface area (TPSA) is 65.9 Å². The van der Waals surface area contributed by atoms with Gasteiger partial charge in [-0.1, -0.05) is 6.58 Å². The average molecular weight is 228 g/mol. The maximum Gasteiger partial charge on any atom is 0.134 e. The van der Waals surface area contributed by atoms with E-state index in [1.165, 1.54) is 12.8 Å². The summed E-state index contributed by atoms with van der Waals surface area (Å²) in [6.45, 7) is 6.93. The lowest BCUT2D eigenvalue weighted by atomic mass is 10.1. The van der Waals surface area contributed by atoms with E-state index in [1.54, 1.807) is 6.20 Å². The first-order valence-electron chi connectivity index (χ1n) is 5.75. The van der Waals surface area contributed by atoms with Crippen molar-refractivity contribution in [3.05, 3.63) is 24.4 Å². The number of nitrogen functional groups attached to an aromatic ring is 1. The maximum absolute atomic E-state index is 8.99. The number of nitrogens with zero attached hydrogens (tertiary/aromatic N) is 3. The molecule has 1 unspecified atom stereocenters. The molecule has 0 bridgehead atoms. The van der Waals surface area contributed by atoms with Gasteiger partial charge in [0.2, 0.25) is 0 Å². The molecular formula is C13H16N4. The van der Waals surface area contributed by atoms with Crippen LogP contribution in [0.15, 0.2) is 18.8 Å². The summed E-state index contributed by atoms with van der Waals surface area (Å²) in [5.74, 6) is 0.383. The van der Waals surface area contributed by atoms with Crippen LogP contribution in [-0.4, -0.2) is 17.6 Å². The van der Waals surface area contributed by atoms with E-state index < -0.39 is 0 Å². The van der Waals surface area contributed by atoms with Gasteiger partial charge >= 0.3 is 0 Å². The van der Waals surface area contributed by atoms with Crippen molar-refractivity contribution in [1.82, 2.24) is 4.98 Å². The Morgan fingerprint density at radius 3 is 3.06 bits per heavy atom. The molecule has 1 aliphatic heterocycles. The second-order valence-electron chi connectivity index (χ2n) is 4.37. The van der Waals surface area contributed by atoms with Crippen molar-refractivity contribution in [2.24, 2.45) is 0 Å². The third kappa shape index (κ3) is 1.96. The fraction of sp³-hybridized carbons (Fsp3) is 0.385. The van der Waals surface area contributed by atoms with Crippen LogP contribution in [0.25, 0.3) is 5.57 Å². The quantitative estimate of drug-likeness (QED) is 0.788. The highest BCUT2D eigenvalue weighted by molar-refractivity contribution is 5.88. The summed E-state index contributed by atoms with van der Waals surface area (Å²) in [6.07, 6.45) is 4.02. The van der Waals surface area contributed by atoms with Gasteiger partial charge in [0, 0.05) is 18.8 Å². The van der Waals surface area contributed by atoms with Gasteiger partial charge in [0.15, 0.2) is 0 Å². The highest BCUT2D eigenvalue weighted by atomic mass is 15.2. The van der Waals surface area contributed by atoms with Crippen molar-refractivity contribution in [3.63, 3.8) is 0 Å². The molecule has 0 aliphatic carbocycles. The van der Waals surface area contributed by atoms with Crippen LogP contribution in [0.3, 0.4) is 0 Å². The molecule has 2 rings (SSSR count). The van der Waals surface area contributed by atoms with Gasteiger partial charge in [-0.2, -0.15) is 5.26 Å². The summed E-state index contributed by atoms with van der Waals surface area (Å²) >= 11 is 0. The summed E-state index contributed by atoms with van der Waals surface area (Å²) in [4.78, 5) is 6.32. The van der Waals surface area contributed by atoms with Crippen molar-refractivity contribution in [3.8, 4) is 6.07 Å². The molecule has 0 saturated carbocycles. The number of aromatic nitrogens is 1. The van der Waals surface area contributed by atoms with Crippen LogP contribution in [0.1, 0.15) is 25.3 Å². The van der Waals surface area contributed by atoms with Crippen molar-refractivity contribution in [2.45, 2.75) is 25.8 Å². The number of hydrogen-bond acceptors (Lipinski definition) is 4. The van der Waals surface area contributed by atoms with E-state index in [2.05, 4.69) is 29.5 Å². The smallest absolute Gasteiger partial charge is 0.134 e. The number of pyridine rings is 1. The molecular weight excluding hydrogens is 212 g/mol. The van der Waals surface area contributed by atoms with Crippen LogP contribution in [0.2, 0.25) is 0 Å². The molecule has 1 atom stereocenters. The van der Waals surface area contributed by atoms with Crippen molar-refractivity contribution in [2.75, 3.05) is 17.2 Å². The fourth-order valence-electron chi connectivity index (χ4n) is 2.36. The predicted octanol–water partition coefficient (Wildman–Crippen LogP) is 2.19. The number of hydrogen-bond donors (Lipinski definition) is 1. The van der Waals surface area contributed by atoms with Crippen molar-refractivity contribution >= 4 is 17.1 Å². The summed E-state index contributed by atoms with van der Waals surface area (Å²) in [5.41, 5.74) is 7.91. The first-order chi connectivity index (χ1) is 8.15. The lowest BCUT2D eigenvalue weighted by Crippen LogP contribution is -2.27. The van der Waals surface area contributed by atoms with E-state index >= 15 is 0 Å². The second kappa shape index (κ2) is 4.46. The molecule has 2 N–H and O–H groups in total. The summed E-state index contributed by atoms with van der Waals surface area (Å²) in [5, 5.41) is 8.99. The Bertz CT molecular complexity index is 487. The minimum absolute atomic E-state index is 0.379. The van der Waals surface area contributed by atoms with Crippen LogP contribution < -0.4 is 10.6 Å². The molecule has 1 fully saturated rings. The highest BCUT2D eigenvalue weighted by Crippen LogP contribution is 2.34. The van der Waals surface area contributed by atoms with E-state index in [1.807, 2.05) is 6.07 Å². The molecule has 0 spiro atoms. The van der Waals surface area contributed by atoms with Gasteiger partial charge in [-0.25, -0.2) is 4.98 Å². The van der Waals surface area contributed by atoms with Gasteiger partial charge in [-0.05, 0) is 25.8 Å². The molecule has 17 heavy (non-hydrogen) atoms. The Morgan fingerprint density at radius 2 is 2.47 bits per heavy atom. The van der Waals surface area contributed by atoms with Crippen molar-refractivity contribution in [1.29, 1.82) is 5.26 Å². The Kier molecular flexibility index (Phi) is 3.01. The SMILES string of the molecule is C=C(C#N)c1c(N2CCCC2C)ccnc1N. The predicted molar refractivity (Wildman–Crippen MR) is 69.3 cm³/mol. The summed E-state index contributed by atoms with van der Waals surface area (Å²) in [6, 6.07) is 4.45. The zero-order valence-electron chi connectivity index (χ0n) is 9.98. The summed E-state index contributed by atoms with van der Waals surface area (Å²) < 4.78 is 0. The minimum atomic E-state index is 0.379. The van der Waals surface area contributed by atoms with Crippen LogP contribution >= 0.6 is 0 Å². The monoisotopic (exact) mass is 228 g/mol. The second-order valence-corrected chi connectivity index (χ2v) is 4.37. The van der Waals surface area contributed by atoms with Gasteiger partial charge in [0.1, 0.15) is 5.82 Å². The van der Waals surface area contributed by atoms with E-state index in [4.69, 9.17) is 11.0 Å². The summed E-state index contributed by atoms with van der Waals surface area (Å²) in [7, 11) is 0. The zero-order valence-corrected chi connectivity index (χ0v) is 9.98. The van der Waals surface area contributed by atoms with Gasteiger partial charge < -0.3 is 10.6 Å². The van der Waals surface area contributed by atoms with E-state index in [9.17, 15) is 0 Å². The normalized spacial score (nSPS) is 19.1. The third-order valence-electron chi connectivity index (χ3n) is 3.26.